The third-order valence-electron chi connectivity index (χ3n) is 2.39. The minimum absolute atomic E-state index is 0.00940. The molecule has 0 saturated heterocycles. The molecular weight excluding hydrogens is 258 g/mol. The lowest BCUT2D eigenvalue weighted by molar-refractivity contribution is -0.385. The number of aromatic nitrogens is 1. The number of nitrogens with zero attached hydrogens (tertiary/aromatic N) is 2. The predicted octanol–water partition coefficient (Wildman–Crippen LogP) is 2.53. The number of hydrogen-bond donors (Lipinski definition) is 1. The first-order valence-electron chi connectivity index (χ1n) is 5.20. The van der Waals surface area contributed by atoms with Gasteiger partial charge >= 0.3 is 0 Å². The maximum Gasteiger partial charge on any atom is 0.275 e. The predicted molar refractivity (Wildman–Crippen MR) is 65.2 cm³/mol. The van der Waals surface area contributed by atoms with Crippen LogP contribution in [0.3, 0.4) is 0 Å². The van der Waals surface area contributed by atoms with Gasteiger partial charge in [0.2, 0.25) is 0 Å². The number of hydrogen-bond acceptors (Lipinski definition) is 5. The van der Waals surface area contributed by atoms with E-state index in [1.165, 1.54) is 12.3 Å². The highest BCUT2D eigenvalue weighted by molar-refractivity contribution is 6.31. The highest BCUT2D eigenvalue weighted by atomic mass is 35.5. The number of rotatable bonds is 5. The summed E-state index contributed by atoms with van der Waals surface area (Å²) in [4.78, 5) is 10.4. The van der Waals surface area contributed by atoms with Gasteiger partial charge in [-0.3, -0.25) is 10.1 Å². The third-order valence-corrected chi connectivity index (χ3v) is 2.74. The molecule has 18 heavy (non-hydrogen) atoms. The van der Waals surface area contributed by atoms with Crippen LogP contribution in [0.1, 0.15) is 11.3 Å². The Morgan fingerprint density at radius 1 is 1.39 bits per heavy atom. The fourth-order valence-corrected chi connectivity index (χ4v) is 1.77. The molecule has 0 fully saturated rings. The first-order chi connectivity index (χ1) is 8.68. The molecule has 0 unspecified atom stereocenters. The van der Waals surface area contributed by atoms with Crippen LogP contribution >= 0.6 is 11.6 Å². The van der Waals surface area contributed by atoms with E-state index in [0.717, 1.165) is 5.69 Å². The summed E-state index contributed by atoms with van der Waals surface area (Å²) in [6.45, 7) is 0.752. The van der Waals surface area contributed by atoms with Crippen LogP contribution in [0.2, 0.25) is 5.02 Å². The van der Waals surface area contributed by atoms with Crippen LogP contribution in [0.5, 0.6) is 0 Å². The molecule has 0 amide bonds. The molecule has 7 heteroatoms. The second-order valence-electron chi connectivity index (χ2n) is 3.59. The molecule has 0 spiro atoms. The SMILES string of the molecule is O=[N+]([O-])c1cccc(Cl)c1CNCc1ccon1. The smallest absolute Gasteiger partial charge is 0.275 e. The van der Waals surface area contributed by atoms with Crippen molar-refractivity contribution in [3.63, 3.8) is 0 Å². The van der Waals surface area contributed by atoms with Gasteiger partial charge in [0.15, 0.2) is 0 Å². The van der Waals surface area contributed by atoms with E-state index in [1.807, 2.05) is 0 Å². The zero-order valence-electron chi connectivity index (χ0n) is 9.30. The second-order valence-corrected chi connectivity index (χ2v) is 4.00. The molecule has 6 nitrogen and oxygen atoms in total. The van der Waals surface area contributed by atoms with Crippen LogP contribution in [-0.2, 0) is 13.1 Å². The summed E-state index contributed by atoms with van der Waals surface area (Å²) in [6, 6.07) is 6.33. The van der Waals surface area contributed by atoms with Gasteiger partial charge in [-0.25, -0.2) is 0 Å². The van der Waals surface area contributed by atoms with Crippen molar-refractivity contribution in [3.05, 3.63) is 56.9 Å². The molecule has 0 saturated carbocycles. The zero-order valence-corrected chi connectivity index (χ0v) is 10.1. The second kappa shape index (κ2) is 5.61. The molecule has 0 bridgehead atoms. The topological polar surface area (TPSA) is 81.2 Å². The molecule has 1 aromatic heterocycles. The first kappa shape index (κ1) is 12.5. The van der Waals surface area contributed by atoms with Gasteiger partial charge in [-0.05, 0) is 6.07 Å². The highest BCUT2D eigenvalue weighted by Crippen LogP contribution is 2.25. The molecule has 1 aromatic carbocycles. The fourth-order valence-electron chi connectivity index (χ4n) is 1.54. The molecular formula is C11H10ClN3O3. The minimum Gasteiger partial charge on any atom is -0.364 e. The minimum atomic E-state index is -0.445. The maximum absolute atomic E-state index is 10.9. The maximum atomic E-state index is 10.9. The van der Waals surface area contributed by atoms with Crippen molar-refractivity contribution in [2.45, 2.75) is 13.1 Å². The van der Waals surface area contributed by atoms with Crippen molar-refractivity contribution in [3.8, 4) is 0 Å². The van der Waals surface area contributed by atoms with Crippen LogP contribution < -0.4 is 5.32 Å². The number of halogens is 1. The van der Waals surface area contributed by atoms with E-state index in [2.05, 4.69) is 15.0 Å². The third kappa shape index (κ3) is 2.85. The van der Waals surface area contributed by atoms with Crippen molar-refractivity contribution in [2.24, 2.45) is 0 Å². The Labute approximate surface area is 108 Å². The summed E-state index contributed by atoms with van der Waals surface area (Å²) in [7, 11) is 0. The normalized spacial score (nSPS) is 10.5. The average molecular weight is 268 g/mol. The van der Waals surface area contributed by atoms with Crippen molar-refractivity contribution in [1.82, 2.24) is 10.5 Å². The Balaban J connectivity index is 2.06. The van der Waals surface area contributed by atoms with Crippen LogP contribution in [-0.4, -0.2) is 10.1 Å². The molecule has 0 radical (unpaired) electrons. The summed E-state index contributed by atoms with van der Waals surface area (Å²) >= 11 is 5.96. The van der Waals surface area contributed by atoms with E-state index in [4.69, 9.17) is 11.6 Å². The molecule has 94 valence electrons. The van der Waals surface area contributed by atoms with Crippen LogP contribution in [0.4, 0.5) is 5.69 Å². The molecule has 0 aliphatic heterocycles. The van der Waals surface area contributed by atoms with Crippen LogP contribution in [0.25, 0.3) is 0 Å². The van der Waals surface area contributed by atoms with Crippen LogP contribution in [0, 0.1) is 10.1 Å². The van der Waals surface area contributed by atoms with E-state index in [0.29, 0.717) is 23.7 Å². The Morgan fingerprint density at radius 3 is 2.89 bits per heavy atom. The Morgan fingerprint density at radius 2 is 2.22 bits per heavy atom. The van der Waals surface area contributed by atoms with Gasteiger partial charge in [0.1, 0.15) is 6.26 Å². The molecule has 2 rings (SSSR count). The van der Waals surface area contributed by atoms with E-state index in [9.17, 15) is 10.1 Å². The van der Waals surface area contributed by atoms with Gasteiger partial charge in [0.05, 0.1) is 21.2 Å². The molecule has 1 N–H and O–H groups in total. The quantitative estimate of drug-likeness (QED) is 0.665. The van der Waals surface area contributed by atoms with Crippen molar-refractivity contribution >= 4 is 17.3 Å². The van der Waals surface area contributed by atoms with Crippen molar-refractivity contribution in [1.29, 1.82) is 0 Å². The number of benzene rings is 1. The lowest BCUT2D eigenvalue weighted by Crippen LogP contribution is -2.14. The molecule has 2 aromatic rings. The number of nitro groups is 1. The van der Waals surface area contributed by atoms with Gasteiger partial charge in [-0.1, -0.05) is 22.8 Å². The monoisotopic (exact) mass is 267 g/mol. The van der Waals surface area contributed by atoms with E-state index >= 15 is 0 Å². The summed E-state index contributed by atoms with van der Waals surface area (Å²) < 4.78 is 4.68. The fraction of sp³-hybridized carbons (Fsp3) is 0.182. The van der Waals surface area contributed by atoms with Gasteiger partial charge in [-0.15, -0.1) is 0 Å². The van der Waals surface area contributed by atoms with Crippen molar-refractivity contribution in [2.75, 3.05) is 0 Å². The lowest BCUT2D eigenvalue weighted by Gasteiger charge is -2.06. The number of nitro benzene ring substituents is 1. The Bertz CT molecular complexity index is 542. The van der Waals surface area contributed by atoms with Gasteiger partial charge in [0.25, 0.3) is 5.69 Å². The first-order valence-corrected chi connectivity index (χ1v) is 5.58. The van der Waals surface area contributed by atoms with Crippen LogP contribution in [0.15, 0.2) is 35.1 Å². The molecule has 0 atom stereocenters. The summed E-state index contributed by atoms with van der Waals surface area (Å²) in [5.74, 6) is 0. The zero-order chi connectivity index (χ0) is 13.0. The molecule has 1 heterocycles. The van der Waals surface area contributed by atoms with E-state index in [1.54, 1.807) is 18.2 Å². The molecule has 0 aliphatic carbocycles. The summed E-state index contributed by atoms with van der Waals surface area (Å²) in [6.07, 6.45) is 1.47. The summed E-state index contributed by atoms with van der Waals surface area (Å²) in [5.41, 5.74) is 1.20. The Kier molecular flexibility index (Phi) is 3.91. The van der Waals surface area contributed by atoms with Crippen molar-refractivity contribution < 1.29 is 9.45 Å². The summed E-state index contributed by atoms with van der Waals surface area (Å²) in [5, 5.41) is 18.0. The van der Waals surface area contributed by atoms with E-state index in [-0.39, 0.29) is 5.69 Å². The van der Waals surface area contributed by atoms with Gasteiger partial charge in [0, 0.05) is 25.2 Å². The lowest BCUT2D eigenvalue weighted by atomic mass is 10.2. The largest absolute Gasteiger partial charge is 0.364 e. The molecule has 0 aliphatic rings. The van der Waals surface area contributed by atoms with Gasteiger partial charge in [-0.2, -0.15) is 0 Å². The van der Waals surface area contributed by atoms with E-state index < -0.39 is 4.92 Å². The Hall–Kier alpha value is -1.92. The van der Waals surface area contributed by atoms with Gasteiger partial charge < -0.3 is 9.84 Å². The standard InChI is InChI=1S/C11H10ClN3O3/c12-10-2-1-3-11(15(16)17)9(10)7-13-6-8-4-5-18-14-8/h1-5,13H,6-7H2. The number of nitrogens with one attached hydrogen (secondary N) is 1. The highest BCUT2D eigenvalue weighted by Gasteiger charge is 2.15. The average Bonchev–Trinajstić information content (AvgIpc) is 2.84.